The average molecular weight is 233 g/mol. The molecule has 0 amide bonds. The van der Waals surface area contributed by atoms with Crippen molar-refractivity contribution in [1.82, 2.24) is 0 Å². The molecule has 1 rings (SSSR count). The van der Waals surface area contributed by atoms with Crippen molar-refractivity contribution >= 4 is 0 Å². The number of ether oxygens (including phenoxy) is 1. The number of benzene rings is 1. The second-order valence-electron chi connectivity index (χ2n) is 3.49. The van der Waals surface area contributed by atoms with Gasteiger partial charge in [0.1, 0.15) is 5.75 Å². The van der Waals surface area contributed by atoms with Crippen LogP contribution in [0.25, 0.3) is 0 Å². The molecule has 0 saturated carbocycles. The number of hydrogen-bond acceptors (Lipinski definition) is 2. The van der Waals surface area contributed by atoms with Crippen molar-refractivity contribution in [3.05, 3.63) is 29.8 Å². The van der Waals surface area contributed by atoms with Crippen LogP contribution in [-0.4, -0.2) is 12.8 Å². The Morgan fingerprint density at radius 1 is 1.25 bits per heavy atom. The fourth-order valence-corrected chi connectivity index (χ4v) is 1.21. The highest BCUT2D eigenvalue weighted by Gasteiger charge is 2.28. The molecule has 5 heteroatoms. The van der Waals surface area contributed by atoms with Gasteiger partial charge in [-0.05, 0) is 24.1 Å². The Morgan fingerprint density at radius 2 is 1.81 bits per heavy atom. The zero-order valence-corrected chi connectivity index (χ0v) is 8.92. The van der Waals surface area contributed by atoms with E-state index in [9.17, 15) is 13.2 Å². The van der Waals surface area contributed by atoms with Crippen LogP contribution in [0, 0.1) is 0 Å². The lowest BCUT2D eigenvalue weighted by molar-refractivity contribution is -0.153. The van der Waals surface area contributed by atoms with Gasteiger partial charge in [0.05, 0.1) is 0 Å². The first-order chi connectivity index (χ1) is 7.42. The quantitative estimate of drug-likeness (QED) is 0.867. The molecule has 0 aromatic heterocycles. The summed E-state index contributed by atoms with van der Waals surface area (Å²) in [6, 6.07) is 6.27. The minimum absolute atomic E-state index is 0.0864. The lowest BCUT2D eigenvalue weighted by Crippen LogP contribution is -2.19. The van der Waals surface area contributed by atoms with E-state index in [-0.39, 0.29) is 11.8 Å². The number of alkyl halides is 3. The van der Waals surface area contributed by atoms with Gasteiger partial charge in [-0.15, -0.1) is 0 Å². The van der Waals surface area contributed by atoms with Crippen LogP contribution in [0.4, 0.5) is 13.2 Å². The van der Waals surface area contributed by atoms with E-state index in [4.69, 9.17) is 5.73 Å². The number of hydrogen-bond donors (Lipinski definition) is 1. The molecule has 1 atom stereocenters. The van der Waals surface area contributed by atoms with E-state index < -0.39 is 12.8 Å². The predicted molar refractivity (Wildman–Crippen MR) is 55.2 cm³/mol. The van der Waals surface area contributed by atoms with E-state index in [1.807, 2.05) is 6.92 Å². The maximum Gasteiger partial charge on any atom is 0.422 e. The van der Waals surface area contributed by atoms with Crippen LogP contribution in [0.1, 0.15) is 24.9 Å². The minimum atomic E-state index is -4.31. The van der Waals surface area contributed by atoms with Crippen molar-refractivity contribution < 1.29 is 17.9 Å². The second kappa shape index (κ2) is 5.21. The van der Waals surface area contributed by atoms with Gasteiger partial charge in [0.15, 0.2) is 6.61 Å². The van der Waals surface area contributed by atoms with Crippen LogP contribution in [0.15, 0.2) is 24.3 Å². The smallest absolute Gasteiger partial charge is 0.422 e. The number of halogens is 3. The third-order valence-electron chi connectivity index (χ3n) is 2.15. The molecule has 2 N–H and O–H groups in total. The Labute approximate surface area is 92.2 Å². The van der Waals surface area contributed by atoms with Gasteiger partial charge >= 0.3 is 6.18 Å². The highest BCUT2D eigenvalue weighted by molar-refractivity contribution is 5.28. The van der Waals surface area contributed by atoms with Gasteiger partial charge in [0.2, 0.25) is 0 Å². The zero-order chi connectivity index (χ0) is 12.2. The summed E-state index contributed by atoms with van der Waals surface area (Å²) < 4.78 is 40.1. The molecule has 0 heterocycles. The fourth-order valence-electron chi connectivity index (χ4n) is 1.21. The highest BCUT2D eigenvalue weighted by atomic mass is 19.4. The summed E-state index contributed by atoms with van der Waals surface area (Å²) in [7, 11) is 0. The Morgan fingerprint density at radius 3 is 2.25 bits per heavy atom. The van der Waals surface area contributed by atoms with Gasteiger partial charge in [-0.2, -0.15) is 13.2 Å². The maximum absolute atomic E-state index is 11.9. The van der Waals surface area contributed by atoms with Gasteiger partial charge < -0.3 is 10.5 Å². The zero-order valence-electron chi connectivity index (χ0n) is 8.92. The van der Waals surface area contributed by atoms with Gasteiger partial charge in [0, 0.05) is 6.04 Å². The summed E-state index contributed by atoms with van der Waals surface area (Å²) in [6.07, 6.45) is -3.53. The largest absolute Gasteiger partial charge is 0.484 e. The fraction of sp³-hybridized carbons (Fsp3) is 0.455. The van der Waals surface area contributed by atoms with Gasteiger partial charge in [-0.3, -0.25) is 0 Å². The minimum Gasteiger partial charge on any atom is -0.484 e. The Bertz CT molecular complexity index is 321. The number of rotatable bonds is 4. The van der Waals surface area contributed by atoms with E-state index in [1.165, 1.54) is 12.1 Å². The predicted octanol–water partition coefficient (Wildman–Crippen LogP) is 3.04. The molecule has 0 aliphatic carbocycles. The third-order valence-corrected chi connectivity index (χ3v) is 2.15. The monoisotopic (exact) mass is 233 g/mol. The van der Waals surface area contributed by atoms with Crippen molar-refractivity contribution in [2.75, 3.05) is 6.61 Å². The van der Waals surface area contributed by atoms with Crippen molar-refractivity contribution in [3.63, 3.8) is 0 Å². The van der Waals surface area contributed by atoms with E-state index >= 15 is 0 Å². The molecule has 0 saturated heterocycles. The SMILES string of the molecule is CC[C@H](N)c1ccc(OCC(F)(F)F)cc1. The van der Waals surface area contributed by atoms with E-state index in [0.29, 0.717) is 0 Å². The van der Waals surface area contributed by atoms with Gasteiger partial charge in [-0.25, -0.2) is 0 Å². The molecule has 90 valence electrons. The molecule has 0 aliphatic heterocycles. The molecule has 0 unspecified atom stereocenters. The van der Waals surface area contributed by atoms with E-state index in [2.05, 4.69) is 4.74 Å². The maximum atomic E-state index is 11.9. The van der Waals surface area contributed by atoms with Crippen LogP contribution < -0.4 is 10.5 Å². The van der Waals surface area contributed by atoms with Crippen LogP contribution >= 0.6 is 0 Å². The normalized spacial score (nSPS) is 13.6. The van der Waals surface area contributed by atoms with Crippen LogP contribution in [-0.2, 0) is 0 Å². The molecular weight excluding hydrogens is 219 g/mol. The Hall–Kier alpha value is -1.23. The van der Waals surface area contributed by atoms with Crippen molar-refractivity contribution in [2.45, 2.75) is 25.6 Å². The van der Waals surface area contributed by atoms with Gasteiger partial charge in [-0.1, -0.05) is 19.1 Å². The molecule has 0 spiro atoms. The molecule has 0 aliphatic rings. The third kappa shape index (κ3) is 4.10. The van der Waals surface area contributed by atoms with E-state index in [0.717, 1.165) is 12.0 Å². The molecule has 0 fully saturated rings. The summed E-state index contributed by atoms with van der Waals surface area (Å²) in [5, 5.41) is 0. The van der Waals surface area contributed by atoms with E-state index in [1.54, 1.807) is 12.1 Å². The first-order valence-corrected chi connectivity index (χ1v) is 4.97. The average Bonchev–Trinajstić information content (AvgIpc) is 2.25. The highest BCUT2D eigenvalue weighted by Crippen LogP contribution is 2.21. The summed E-state index contributed by atoms with van der Waals surface area (Å²) in [6.45, 7) is 0.672. The molecule has 1 aromatic carbocycles. The number of nitrogens with two attached hydrogens (primary N) is 1. The molecule has 2 nitrogen and oxygen atoms in total. The van der Waals surface area contributed by atoms with Crippen LogP contribution in [0.2, 0.25) is 0 Å². The lowest BCUT2D eigenvalue weighted by atomic mass is 10.1. The summed E-state index contributed by atoms with van der Waals surface area (Å²) in [4.78, 5) is 0. The first-order valence-electron chi connectivity index (χ1n) is 4.97. The summed E-state index contributed by atoms with van der Waals surface area (Å²) >= 11 is 0. The van der Waals surface area contributed by atoms with Crippen molar-refractivity contribution in [2.24, 2.45) is 5.73 Å². The lowest BCUT2D eigenvalue weighted by Gasteiger charge is -2.11. The summed E-state index contributed by atoms with van der Waals surface area (Å²) in [5.41, 5.74) is 6.66. The Balaban J connectivity index is 2.58. The van der Waals surface area contributed by atoms with Gasteiger partial charge in [0.25, 0.3) is 0 Å². The molecule has 0 radical (unpaired) electrons. The standard InChI is InChI=1S/C11H14F3NO/c1-2-10(15)8-3-5-9(6-4-8)16-7-11(12,13)14/h3-6,10H,2,7,15H2,1H3/t10-/m0/s1. The van der Waals surface area contributed by atoms with Crippen LogP contribution in [0.5, 0.6) is 5.75 Å². The summed E-state index contributed by atoms with van der Waals surface area (Å²) in [5.74, 6) is 0.198. The molecular formula is C11H14F3NO. The van der Waals surface area contributed by atoms with Crippen LogP contribution in [0.3, 0.4) is 0 Å². The molecule has 0 bridgehead atoms. The Kier molecular flexibility index (Phi) is 4.18. The van der Waals surface area contributed by atoms with Crippen molar-refractivity contribution in [3.8, 4) is 5.75 Å². The molecule has 1 aromatic rings. The molecule has 16 heavy (non-hydrogen) atoms. The topological polar surface area (TPSA) is 35.2 Å². The second-order valence-corrected chi connectivity index (χ2v) is 3.49. The van der Waals surface area contributed by atoms with Crippen molar-refractivity contribution in [1.29, 1.82) is 0 Å². The first kappa shape index (κ1) is 12.8.